The predicted molar refractivity (Wildman–Crippen MR) is 91.1 cm³/mol. The molecule has 0 fully saturated rings. The van der Waals surface area contributed by atoms with Crippen molar-refractivity contribution in [1.29, 1.82) is 0 Å². The van der Waals surface area contributed by atoms with E-state index in [-0.39, 0.29) is 23.7 Å². The van der Waals surface area contributed by atoms with Crippen LogP contribution in [0.3, 0.4) is 0 Å². The Kier molecular flexibility index (Phi) is 8.08. The average Bonchev–Trinajstić information content (AvgIpc) is 2.46. The number of anilines is 2. The summed E-state index contributed by atoms with van der Waals surface area (Å²) < 4.78 is 13.5. The van der Waals surface area contributed by atoms with E-state index in [2.05, 4.69) is 22.9 Å². The normalized spacial score (nSPS) is 11.7. The molecule has 1 aromatic carbocycles. The summed E-state index contributed by atoms with van der Waals surface area (Å²) >= 11 is 0. The van der Waals surface area contributed by atoms with Crippen molar-refractivity contribution in [2.75, 3.05) is 10.6 Å². The van der Waals surface area contributed by atoms with Gasteiger partial charge in [-0.3, -0.25) is 4.79 Å². The number of rotatable bonds is 8. The summed E-state index contributed by atoms with van der Waals surface area (Å²) in [5, 5.41) is 7.88. The van der Waals surface area contributed by atoms with Gasteiger partial charge >= 0.3 is 6.03 Å². The molecule has 0 aliphatic heterocycles. The number of carbonyl (C=O) groups excluding carboxylic acids is 2. The quantitative estimate of drug-likeness (QED) is 0.625. The Hall–Kier alpha value is -2.11. The topological polar surface area (TPSA) is 70.2 Å². The summed E-state index contributed by atoms with van der Waals surface area (Å²) in [4.78, 5) is 22.9. The van der Waals surface area contributed by atoms with Crippen LogP contribution in [0.2, 0.25) is 0 Å². The fourth-order valence-electron chi connectivity index (χ4n) is 2.23. The van der Waals surface area contributed by atoms with Crippen LogP contribution in [-0.2, 0) is 4.79 Å². The molecular weight excluding hydrogens is 297 g/mol. The number of amides is 3. The lowest BCUT2D eigenvalue weighted by atomic mass is 10.1. The molecule has 1 atom stereocenters. The Morgan fingerprint density at radius 1 is 1.17 bits per heavy atom. The minimum atomic E-state index is -0.546. The Labute approximate surface area is 137 Å². The first kappa shape index (κ1) is 18.9. The van der Waals surface area contributed by atoms with E-state index in [1.165, 1.54) is 44.4 Å². The number of carbonyl (C=O) groups is 2. The van der Waals surface area contributed by atoms with Gasteiger partial charge in [0.1, 0.15) is 5.82 Å². The number of hydrogen-bond donors (Lipinski definition) is 3. The van der Waals surface area contributed by atoms with E-state index in [1.54, 1.807) is 0 Å². The van der Waals surface area contributed by atoms with Crippen LogP contribution < -0.4 is 16.0 Å². The fourth-order valence-corrected chi connectivity index (χ4v) is 2.23. The maximum Gasteiger partial charge on any atom is 0.319 e. The Balaban J connectivity index is 2.49. The third-order valence-corrected chi connectivity index (χ3v) is 3.40. The molecule has 3 N–H and O–H groups in total. The minimum absolute atomic E-state index is 0.0444. The summed E-state index contributed by atoms with van der Waals surface area (Å²) in [5.74, 6) is -0.915. The Morgan fingerprint density at radius 3 is 2.57 bits per heavy atom. The zero-order valence-electron chi connectivity index (χ0n) is 14.0. The van der Waals surface area contributed by atoms with Gasteiger partial charge < -0.3 is 16.0 Å². The van der Waals surface area contributed by atoms with Gasteiger partial charge in [-0.25, -0.2) is 9.18 Å². The highest BCUT2D eigenvalue weighted by atomic mass is 19.1. The van der Waals surface area contributed by atoms with Gasteiger partial charge in [-0.1, -0.05) is 32.6 Å². The molecule has 1 rings (SSSR count). The van der Waals surface area contributed by atoms with Crippen molar-refractivity contribution in [2.24, 2.45) is 0 Å². The van der Waals surface area contributed by atoms with E-state index in [9.17, 15) is 14.0 Å². The van der Waals surface area contributed by atoms with Crippen LogP contribution >= 0.6 is 0 Å². The lowest BCUT2D eigenvalue weighted by Crippen LogP contribution is -2.36. The van der Waals surface area contributed by atoms with Crippen molar-refractivity contribution in [3.8, 4) is 0 Å². The molecule has 23 heavy (non-hydrogen) atoms. The van der Waals surface area contributed by atoms with Crippen LogP contribution in [0, 0.1) is 5.82 Å². The van der Waals surface area contributed by atoms with Gasteiger partial charge in [0.2, 0.25) is 5.91 Å². The summed E-state index contributed by atoms with van der Waals surface area (Å²) in [6, 6.07) is 3.78. The maximum atomic E-state index is 13.5. The second-order valence-electron chi connectivity index (χ2n) is 5.72. The van der Waals surface area contributed by atoms with Crippen LogP contribution in [-0.4, -0.2) is 18.0 Å². The van der Waals surface area contributed by atoms with Crippen molar-refractivity contribution < 1.29 is 14.0 Å². The number of urea groups is 1. The second-order valence-corrected chi connectivity index (χ2v) is 5.72. The maximum absolute atomic E-state index is 13.5. The van der Waals surface area contributed by atoms with E-state index >= 15 is 0 Å². The molecule has 1 unspecified atom stereocenters. The lowest BCUT2D eigenvalue weighted by molar-refractivity contribution is -0.114. The monoisotopic (exact) mass is 323 g/mol. The first-order valence-electron chi connectivity index (χ1n) is 8.07. The molecule has 0 bridgehead atoms. The third-order valence-electron chi connectivity index (χ3n) is 3.40. The highest BCUT2D eigenvalue weighted by Crippen LogP contribution is 2.19. The van der Waals surface area contributed by atoms with E-state index in [4.69, 9.17) is 0 Å². The lowest BCUT2D eigenvalue weighted by Gasteiger charge is -2.15. The van der Waals surface area contributed by atoms with Gasteiger partial charge in [0.25, 0.3) is 0 Å². The molecule has 0 aromatic heterocycles. The molecule has 0 heterocycles. The standard InChI is InChI=1S/C17H26FN3O2/c1-4-5-6-7-8-12(2)19-17(23)21-14-9-10-15(18)16(11-14)20-13(3)22/h9-12H,4-8H2,1-3H3,(H,20,22)(H2,19,21,23). The van der Waals surface area contributed by atoms with E-state index in [1.807, 2.05) is 6.92 Å². The largest absolute Gasteiger partial charge is 0.335 e. The summed E-state index contributed by atoms with van der Waals surface area (Å²) in [7, 11) is 0. The fraction of sp³-hybridized carbons (Fsp3) is 0.529. The van der Waals surface area contributed by atoms with Crippen LogP contribution in [0.4, 0.5) is 20.6 Å². The van der Waals surface area contributed by atoms with E-state index in [0.29, 0.717) is 5.69 Å². The van der Waals surface area contributed by atoms with Gasteiger partial charge in [-0.2, -0.15) is 0 Å². The molecule has 0 saturated carbocycles. The molecule has 0 aliphatic rings. The Morgan fingerprint density at radius 2 is 1.91 bits per heavy atom. The average molecular weight is 323 g/mol. The summed E-state index contributed by atoms with van der Waals surface area (Å²) in [5.41, 5.74) is 0.466. The highest BCUT2D eigenvalue weighted by molar-refractivity contribution is 5.92. The molecule has 0 spiro atoms. The smallest absolute Gasteiger partial charge is 0.319 e. The molecule has 3 amide bonds. The molecule has 1 aromatic rings. The molecule has 0 aliphatic carbocycles. The van der Waals surface area contributed by atoms with Crippen molar-refractivity contribution in [1.82, 2.24) is 5.32 Å². The molecule has 128 valence electrons. The SMILES string of the molecule is CCCCCCC(C)NC(=O)Nc1ccc(F)c(NC(C)=O)c1. The number of benzene rings is 1. The summed E-state index contributed by atoms with van der Waals surface area (Å²) in [6.45, 7) is 5.42. The molecule has 0 saturated heterocycles. The molecule has 0 radical (unpaired) electrons. The Bertz CT molecular complexity index is 535. The summed E-state index contributed by atoms with van der Waals surface area (Å²) in [6.07, 6.45) is 5.57. The highest BCUT2D eigenvalue weighted by Gasteiger charge is 2.10. The first-order chi connectivity index (χ1) is 10.9. The number of halogens is 1. The molecule has 5 nitrogen and oxygen atoms in total. The van der Waals surface area contributed by atoms with Crippen LogP contribution in [0.1, 0.15) is 52.9 Å². The van der Waals surface area contributed by atoms with Gasteiger partial charge in [0.05, 0.1) is 5.69 Å². The number of hydrogen-bond acceptors (Lipinski definition) is 2. The van der Waals surface area contributed by atoms with Crippen molar-refractivity contribution in [3.05, 3.63) is 24.0 Å². The molecule has 6 heteroatoms. The zero-order valence-corrected chi connectivity index (χ0v) is 14.0. The number of nitrogens with one attached hydrogen (secondary N) is 3. The van der Waals surface area contributed by atoms with Crippen LogP contribution in [0.5, 0.6) is 0 Å². The van der Waals surface area contributed by atoms with Crippen molar-refractivity contribution >= 4 is 23.3 Å². The van der Waals surface area contributed by atoms with Crippen LogP contribution in [0.15, 0.2) is 18.2 Å². The van der Waals surface area contributed by atoms with Gasteiger partial charge in [0, 0.05) is 18.7 Å². The van der Waals surface area contributed by atoms with Gasteiger partial charge in [0.15, 0.2) is 0 Å². The van der Waals surface area contributed by atoms with E-state index in [0.717, 1.165) is 12.8 Å². The number of unbranched alkanes of at least 4 members (excludes halogenated alkanes) is 3. The minimum Gasteiger partial charge on any atom is -0.335 e. The molecular formula is C17H26FN3O2. The third kappa shape index (κ3) is 7.63. The van der Waals surface area contributed by atoms with Gasteiger partial charge in [-0.15, -0.1) is 0 Å². The van der Waals surface area contributed by atoms with Crippen molar-refractivity contribution in [3.63, 3.8) is 0 Å². The van der Waals surface area contributed by atoms with Gasteiger partial charge in [-0.05, 0) is 31.5 Å². The van der Waals surface area contributed by atoms with Crippen LogP contribution in [0.25, 0.3) is 0 Å². The second kappa shape index (κ2) is 9.82. The zero-order chi connectivity index (χ0) is 17.2. The predicted octanol–water partition coefficient (Wildman–Crippen LogP) is 4.26. The first-order valence-corrected chi connectivity index (χ1v) is 8.07. The van der Waals surface area contributed by atoms with Crippen molar-refractivity contribution in [2.45, 2.75) is 58.9 Å². The van der Waals surface area contributed by atoms with E-state index < -0.39 is 5.82 Å².